The van der Waals surface area contributed by atoms with Crippen molar-refractivity contribution in [3.05, 3.63) is 59.2 Å². The van der Waals surface area contributed by atoms with Gasteiger partial charge in [-0.3, -0.25) is 4.90 Å². The Morgan fingerprint density at radius 3 is 2.29 bits per heavy atom. The first kappa shape index (κ1) is 15.4. The lowest BCUT2D eigenvalue weighted by Gasteiger charge is -2.19. The maximum atomic E-state index is 5.35. The van der Waals surface area contributed by atoms with E-state index in [0.717, 1.165) is 24.6 Å². The van der Waals surface area contributed by atoms with Crippen LogP contribution in [0.4, 0.5) is 0 Å². The van der Waals surface area contributed by atoms with Crippen LogP contribution in [0.3, 0.4) is 0 Å². The van der Waals surface area contributed by atoms with Crippen LogP contribution in [-0.2, 0) is 13.1 Å². The van der Waals surface area contributed by atoms with E-state index in [-0.39, 0.29) is 0 Å². The first-order valence-electron chi connectivity index (χ1n) is 7.08. The summed E-state index contributed by atoms with van der Waals surface area (Å²) in [5.41, 5.74) is 3.90. The van der Waals surface area contributed by atoms with E-state index in [9.17, 15) is 0 Å². The van der Waals surface area contributed by atoms with Crippen LogP contribution >= 0.6 is 0 Å². The Morgan fingerprint density at radius 2 is 1.62 bits per heavy atom. The predicted octanol–water partition coefficient (Wildman–Crippen LogP) is 3.64. The normalized spacial score (nSPS) is 10.7. The molecule has 0 aromatic heterocycles. The Bertz CT molecular complexity index is 596. The molecule has 2 aromatic carbocycles. The molecule has 0 saturated carbocycles. The Hall–Kier alpha value is -2.00. The maximum Gasteiger partial charge on any atom is 0.161 e. The Kier molecular flexibility index (Phi) is 5.23. The molecule has 3 heteroatoms. The van der Waals surface area contributed by atoms with Crippen LogP contribution in [0.2, 0.25) is 0 Å². The van der Waals surface area contributed by atoms with Crippen LogP contribution in [0.25, 0.3) is 0 Å². The minimum atomic E-state index is 0.766. The molecule has 0 saturated heterocycles. The lowest BCUT2D eigenvalue weighted by Crippen LogP contribution is -2.17. The van der Waals surface area contributed by atoms with E-state index in [4.69, 9.17) is 9.47 Å². The molecule has 0 atom stereocenters. The third kappa shape index (κ3) is 3.99. The van der Waals surface area contributed by atoms with Crippen LogP contribution < -0.4 is 9.47 Å². The second kappa shape index (κ2) is 7.14. The average molecular weight is 285 g/mol. The first-order valence-corrected chi connectivity index (χ1v) is 7.08. The minimum absolute atomic E-state index is 0.766. The van der Waals surface area contributed by atoms with Gasteiger partial charge in [0.05, 0.1) is 14.2 Å². The number of benzene rings is 2. The molecule has 3 nitrogen and oxygen atoms in total. The number of methoxy groups -OCH3 is 2. The van der Waals surface area contributed by atoms with Crippen molar-refractivity contribution in [2.75, 3.05) is 21.3 Å². The molecule has 2 rings (SSSR count). The highest BCUT2D eigenvalue weighted by molar-refractivity contribution is 5.42. The molecule has 0 aliphatic heterocycles. The number of hydrogen-bond donors (Lipinski definition) is 0. The predicted molar refractivity (Wildman–Crippen MR) is 85.9 cm³/mol. The van der Waals surface area contributed by atoms with E-state index in [0.29, 0.717) is 0 Å². The van der Waals surface area contributed by atoms with Crippen molar-refractivity contribution in [2.24, 2.45) is 0 Å². The number of nitrogens with zero attached hydrogens (tertiary/aromatic N) is 1. The van der Waals surface area contributed by atoms with Crippen molar-refractivity contribution in [3.8, 4) is 11.5 Å². The van der Waals surface area contributed by atoms with Crippen LogP contribution in [-0.4, -0.2) is 26.2 Å². The summed E-state index contributed by atoms with van der Waals surface area (Å²) >= 11 is 0. The molecule has 0 aliphatic carbocycles. The summed E-state index contributed by atoms with van der Waals surface area (Å²) in [5.74, 6) is 1.54. The quantitative estimate of drug-likeness (QED) is 0.808. The molecule has 0 spiro atoms. The number of rotatable bonds is 6. The maximum absolute atomic E-state index is 5.35. The minimum Gasteiger partial charge on any atom is -0.493 e. The molecule has 0 amide bonds. The molecule has 0 fully saturated rings. The van der Waals surface area contributed by atoms with Gasteiger partial charge in [-0.15, -0.1) is 0 Å². The smallest absolute Gasteiger partial charge is 0.161 e. The average Bonchev–Trinajstić information content (AvgIpc) is 2.49. The third-order valence-electron chi connectivity index (χ3n) is 3.60. The fourth-order valence-corrected chi connectivity index (χ4v) is 2.42. The fourth-order valence-electron chi connectivity index (χ4n) is 2.42. The molecule has 0 N–H and O–H groups in total. The van der Waals surface area contributed by atoms with Gasteiger partial charge in [0, 0.05) is 13.1 Å². The topological polar surface area (TPSA) is 21.7 Å². The van der Waals surface area contributed by atoms with E-state index in [1.807, 2.05) is 12.1 Å². The monoisotopic (exact) mass is 285 g/mol. The number of ether oxygens (including phenoxy) is 2. The fraction of sp³-hybridized carbons (Fsp3) is 0.333. The number of hydrogen-bond acceptors (Lipinski definition) is 3. The van der Waals surface area contributed by atoms with Gasteiger partial charge in [0.15, 0.2) is 11.5 Å². The van der Waals surface area contributed by atoms with Crippen molar-refractivity contribution in [3.63, 3.8) is 0 Å². The lowest BCUT2D eigenvalue weighted by atomic mass is 10.1. The summed E-state index contributed by atoms with van der Waals surface area (Å²) < 4.78 is 10.6. The van der Waals surface area contributed by atoms with Crippen molar-refractivity contribution in [2.45, 2.75) is 20.0 Å². The van der Waals surface area contributed by atoms with Crippen LogP contribution in [0.15, 0.2) is 42.5 Å². The lowest BCUT2D eigenvalue weighted by molar-refractivity contribution is 0.316. The third-order valence-corrected chi connectivity index (χ3v) is 3.60. The molecule has 0 radical (unpaired) electrons. The van der Waals surface area contributed by atoms with Crippen LogP contribution in [0.1, 0.15) is 16.7 Å². The summed E-state index contributed by atoms with van der Waals surface area (Å²) in [6.07, 6.45) is 0. The first-order chi connectivity index (χ1) is 10.1. The SMILES string of the molecule is COc1ccc(CN(C)Cc2ccccc2C)cc1OC. The summed E-state index contributed by atoms with van der Waals surface area (Å²) in [6, 6.07) is 14.6. The molecule has 0 heterocycles. The zero-order chi connectivity index (χ0) is 15.2. The zero-order valence-corrected chi connectivity index (χ0v) is 13.2. The highest BCUT2D eigenvalue weighted by Crippen LogP contribution is 2.28. The largest absolute Gasteiger partial charge is 0.493 e. The van der Waals surface area contributed by atoms with E-state index in [2.05, 4.69) is 49.2 Å². The number of aryl methyl sites for hydroxylation is 1. The Morgan fingerprint density at radius 1 is 0.905 bits per heavy atom. The van der Waals surface area contributed by atoms with E-state index < -0.39 is 0 Å². The summed E-state index contributed by atoms with van der Waals surface area (Å²) in [4.78, 5) is 2.30. The van der Waals surface area contributed by atoms with Gasteiger partial charge < -0.3 is 9.47 Å². The zero-order valence-electron chi connectivity index (χ0n) is 13.2. The van der Waals surface area contributed by atoms with E-state index in [1.54, 1.807) is 14.2 Å². The van der Waals surface area contributed by atoms with Gasteiger partial charge in [-0.25, -0.2) is 0 Å². The summed E-state index contributed by atoms with van der Waals surface area (Å²) in [7, 11) is 5.45. The van der Waals surface area contributed by atoms with Crippen LogP contribution in [0.5, 0.6) is 11.5 Å². The molecule has 0 bridgehead atoms. The van der Waals surface area contributed by atoms with Crippen molar-refractivity contribution >= 4 is 0 Å². The van der Waals surface area contributed by atoms with E-state index >= 15 is 0 Å². The highest BCUT2D eigenvalue weighted by atomic mass is 16.5. The van der Waals surface area contributed by atoms with Crippen molar-refractivity contribution in [1.82, 2.24) is 4.90 Å². The van der Waals surface area contributed by atoms with Gasteiger partial charge in [-0.1, -0.05) is 30.3 Å². The van der Waals surface area contributed by atoms with Gasteiger partial charge in [0.2, 0.25) is 0 Å². The van der Waals surface area contributed by atoms with Gasteiger partial charge >= 0.3 is 0 Å². The molecule has 21 heavy (non-hydrogen) atoms. The molecule has 0 unspecified atom stereocenters. The summed E-state index contributed by atoms with van der Waals surface area (Å²) in [5, 5.41) is 0. The second-order valence-electron chi connectivity index (χ2n) is 5.29. The van der Waals surface area contributed by atoms with Gasteiger partial charge in [-0.2, -0.15) is 0 Å². The Labute approximate surface area is 127 Å². The van der Waals surface area contributed by atoms with Crippen molar-refractivity contribution < 1.29 is 9.47 Å². The van der Waals surface area contributed by atoms with Gasteiger partial charge in [-0.05, 0) is 42.8 Å². The molecule has 2 aromatic rings. The molecular weight excluding hydrogens is 262 g/mol. The molecule has 0 aliphatic rings. The molecule has 112 valence electrons. The van der Waals surface area contributed by atoms with Crippen molar-refractivity contribution in [1.29, 1.82) is 0 Å². The summed E-state index contributed by atoms with van der Waals surface area (Å²) in [6.45, 7) is 3.95. The standard InChI is InChI=1S/C18H23NO2/c1-14-7-5-6-8-16(14)13-19(2)12-15-9-10-17(20-3)18(11-15)21-4/h5-11H,12-13H2,1-4H3. The molecular formula is C18H23NO2. The van der Waals surface area contributed by atoms with E-state index in [1.165, 1.54) is 16.7 Å². The van der Waals surface area contributed by atoms with Gasteiger partial charge in [0.1, 0.15) is 0 Å². The Balaban J connectivity index is 2.06. The van der Waals surface area contributed by atoms with Crippen LogP contribution in [0, 0.1) is 6.92 Å². The highest BCUT2D eigenvalue weighted by Gasteiger charge is 2.08. The second-order valence-corrected chi connectivity index (χ2v) is 5.29. The van der Waals surface area contributed by atoms with Gasteiger partial charge in [0.25, 0.3) is 0 Å².